The molecule has 0 aliphatic rings. The van der Waals surface area contributed by atoms with Gasteiger partial charge >= 0.3 is 0 Å². The van der Waals surface area contributed by atoms with Crippen molar-refractivity contribution in [2.24, 2.45) is 0 Å². The molecular formula is C20H19N5O2. The fraction of sp³-hybridized carbons (Fsp3) is 0.200. The second kappa shape index (κ2) is 8.63. The fourth-order valence-electron chi connectivity index (χ4n) is 2.46. The van der Waals surface area contributed by atoms with Crippen LogP contribution in [0.1, 0.15) is 24.0 Å². The summed E-state index contributed by atoms with van der Waals surface area (Å²) in [5.74, 6) is 1.41. The number of anilines is 1. The number of nitrogens with zero attached hydrogens (tertiary/aromatic N) is 4. The van der Waals surface area contributed by atoms with Gasteiger partial charge in [-0.3, -0.25) is 4.79 Å². The van der Waals surface area contributed by atoms with E-state index in [2.05, 4.69) is 15.4 Å². The van der Waals surface area contributed by atoms with Crippen molar-refractivity contribution < 1.29 is 9.53 Å². The molecule has 0 radical (unpaired) electrons. The Hall–Kier alpha value is -3.66. The molecule has 27 heavy (non-hydrogen) atoms. The standard InChI is InChI=1S/C20H19N5O2/c1-15-7-9-17(10-8-15)27-12-4-6-19(26)24-20-16(13-21)14-23-25(20)18-5-2-3-11-22-18/h2-3,5,7-11,14H,4,6,12H2,1H3,(H,24,26). The van der Waals surface area contributed by atoms with E-state index in [0.717, 1.165) is 5.75 Å². The van der Waals surface area contributed by atoms with Crippen molar-refractivity contribution in [3.05, 3.63) is 66.0 Å². The van der Waals surface area contributed by atoms with E-state index in [-0.39, 0.29) is 17.9 Å². The van der Waals surface area contributed by atoms with Gasteiger partial charge in [0.25, 0.3) is 0 Å². The van der Waals surface area contributed by atoms with Crippen LogP contribution in [0.15, 0.2) is 54.9 Å². The molecule has 7 nitrogen and oxygen atoms in total. The number of aromatic nitrogens is 3. The highest BCUT2D eigenvalue weighted by Crippen LogP contribution is 2.18. The van der Waals surface area contributed by atoms with E-state index in [0.29, 0.717) is 24.7 Å². The third-order valence-corrected chi connectivity index (χ3v) is 3.85. The molecule has 3 rings (SSSR count). The molecular weight excluding hydrogens is 342 g/mol. The maximum absolute atomic E-state index is 12.3. The number of carbonyl (C=O) groups is 1. The summed E-state index contributed by atoms with van der Waals surface area (Å²) in [5, 5.41) is 16.2. The molecule has 136 valence electrons. The predicted molar refractivity (Wildman–Crippen MR) is 101 cm³/mol. The van der Waals surface area contributed by atoms with Crippen molar-refractivity contribution in [1.29, 1.82) is 5.26 Å². The number of pyridine rings is 1. The van der Waals surface area contributed by atoms with Crippen LogP contribution in [0.25, 0.3) is 5.82 Å². The molecule has 0 fully saturated rings. The lowest BCUT2D eigenvalue weighted by atomic mass is 10.2. The minimum atomic E-state index is -0.211. The number of nitriles is 1. The molecule has 0 aliphatic carbocycles. The van der Waals surface area contributed by atoms with E-state index in [1.54, 1.807) is 18.3 Å². The van der Waals surface area contributed by atoms with E-state index < -0.39 is 0 Å². The molecule has 2 aromatic heterocycles. The quantitative estimate of drug-likeness (QED) is 0.652. The van der Waals surface area contributed by atoms with Gasteiger partial charge in [-0.1, -0.05) is 23.8 Å². The van der Waals surface area contributed by atoms with Crippen LogP contribution in [0.4, 0.5) is 5.82 Å². The Kier molecular flexibility index (Phi) is 5.80. The molecule has 0 bridgehead atoms. The summed E-state index contributed by atoms with van der Waals surface area (Å²) in [6.45, 7) is 2.44. The third-order valence-electron chi connectivity index (χ3n) is 3.85. The Labute approximate surface area is 157 Å². The lowest BCUT2D eigenvalue weighted by molar-refractivity contribution is -0.116. The monoisotopic (exact) mass is 361 g/mol. The summed E-state index contributed by atoms with van der Waals surface area (Å²) in [5.41, 5.74) is 1.45. The van der Waals surface area contributed by atoms with Gasteiger partial charge in [-0.25, -0.2) is 4.98 Å². The first-order valence-corrected chi connectivity index (χ1v) is 8.56. The Morgan fingerprint density at radius 1 is 1.26 bits per heavy atom. The Bertz CT molecular complexity index is 943. The number of carbonyl (C=O) groups excluding carboxylic acids is 1. The number of nitrogens with one attached hydrogen (secondary N) is 1. The molecule has 2 heterocycles. The summed E-state index contributed by atoms with van der Waals surface area (Å²) in [6, 6.07) is 15.1. The summed E-state index contributed by atoms with van der Waals surface area (Å²) in [4.78, 5) is 16.5. The zero-order valence-electron chi connectivity index (χ0n) is 14.9. The molecule has 0 spiro atoms. The highest BCUT2D eigenvalue weighted by Gasteiger charge is 2.15. The summed E-state index contributed by atoms with van der Waals surface area (Å²) in [6.07, 6.45) is 3.85. The second-order valence-corrected chi connectivity index (χ2v) is 5.93. The maximum Gasteiger partial charge on any atom is 0.225 e. The first-order chi connectivity index (χ1) is 13.2. The topological polar surface area (TPSA) is 92.8 Å². The van der Waals surface area contributed by atoms with Gasteiger partial charge in [0.2, 0.25) is 5.91 Å². The summed E-state index contributed by atoms with van der Waals surface area (Å²) >= 11 is 0. The van der Waals surface area contributed by atoms with Crippen LogP contribution in [-0.2, 0) is 4.79 Å². The van der Waals surface area contributed by atoms with E-state index in [1.807, 2.05) is 43.3 Å². The lowest BCUT2D eigenvalue weighted by Crippen LogP contribution is -2.17. The van der Waals surface area contributed by atoms with Gasteiger partial charge in [0, 0.05) is 12.6 Å². The zero-order valence-corrected chi connectivity index (χ0v) is 14.9. The SMILES string of the molecule is Cc1ccc(OCCCC(=O)Nc2c(C#N)cnn2-c2ccccn2)cc1. The lowest BCUT2D eigenvalue weighted by Gasteiger charge is -2.09. The zero-order chi connectivity index (χ0) is 19.1. The van der Waals surface area contributed by atoms with Crippen molar-refractivity contribution in [2.45, 2.75) is 19.8 Å². The summed E-state index contributed by atoms with van der Waals surface area (Å²) < 4.78 is 7.07. The number of hydrogen-bond donors (Lipinski definition) is 1. The molecule has 7 heteroatoms. The molecule has 3 aromatic rings. The van der Waals surface area contributed by atoms with Crippen LogP contribution < -0.4 is 10.1 Å². The van der Waals surface area contributed by atoms with Crippen LogP contribution in [0.3, 0.4) is 0 Å². The number of hydrogen-bond acceptors (Lipinski definition) is 5. The minimum Gasteiger partial charge on any atom is -0.494 e. The fourth-order valence-corrected chi connectivity index (χ4v) is 2.46. The molecule has 0 saturated heterocycles. The van der Waals surface area contributed by atoms with Gasteiger partial charge in [-0.05, 0) is 37.6 Å². The van der Waals surface area contributed by atoms with Crippen LogP contribution in [0, 0.1) is 18.3 Å². The van der Waals surface area contributed by atoms with Gasteiger partial charge in [-0.2, -0.15) is 15.0 Å². The van der Waals surface area contributed by atoms with Crippen LogP contribution >= 0.6 is 0 Å². The van der Waals surface area contributed by atoms with Gasteiger partial charge in [0.05, 0.1) is 12.8 Å². The van der Waals surface area contributed by atoms with E-state index >= 15 is 0 Å². The van der Waals surface area contributed by atoms with Gasteiger partial charge in [0.15, 0.2) is 11.6 Å². The second-order valence-electron chi connectivity index (χ2n) is 5.93. The van der Waals surface area contributed by atoms with Crippen LogP contribution in [0.5, 0.6) is 5.75 Å². The first kappa shape index (κ1) is 18.1. The average Bonchev–Trinajstić information content (AvgIpc) is 3.10. The molecule has 0 aliphatic heterocycles. The van der Waals surface area contributed by atoms with E-state index in [9.17, 15) is 10.1 Å². The normalized spacial score (nSPS) is 10.2. The van der Waals surface area contributed by atoms with Crippen molar-refractivity contribution >= 4 is 11.7 Å². The van der Waals surface area contributed by atoms with Gasteiger partial charge < -0.3 is 10.1 Å². The number of rotatable bonds is 7. The van der Waals surface area contributed by atoms with Crippen LogP contribution in [-0.4, -0.2) is 27.3 Å². The highest BCUT2D eigenvalue weighted by molar-refractivity contribution is 5.91. The number of benzene rings is 1. The van der Waals surface area contributed by atoms with E-state index in [4.69, 9.17) is 4.74 Å². The molecule has 0 saturated carbocycles. The maximum atomic E-state index is 12.3. The molecule has 1 N–H and O–H groups in total. The number of ether oxygens (including phenoxy) is 1. The smallest absolute Gasteiger partial charge is 0.225 e. The van der Waals surface area contributed by atoms with Crippen molar-refractivity contribution in [2.75, 3.05) is 11.9 Å². The van der Waals surface area contributed by atoms with Gasteiger partial charge in [0.1, 0.15) is 17.4 Å². The van der Waals surface area contributed by atoms with Crippen molar-refractivity contribution in [3.8, 4) is 17.6 Å². The molecule has 0 unspecified atom stereocenters. The first-order valence-electron chi connectivity index (χ1n) is 8.56. The third kappa shape index (κ3) is 4.70. The number of aryl methyl sites for hydroxylation is 1. The summed E-state index contributed by atoms with van der Waals surface area (Å²) in [7, 11) is 0. The predicted octanol–water partition coefficient (Wildman–Crippen LogP) is 3.25. The largest absolute Gasteiger partial charge is 0.494 e. The molecule has 0 atom stereocenters. The minimum absolute atomic E-state index is 0.211. The highest BCUT2D eigenvalue weighted by atomic mass is 16.5. The number of amides is 1. The van der Waals surface area contributed by atoms with Gasteiger partial charge in [-0.15, -0.1) is 0 Å². The molecule has 1 aromatic carbocycles. The van der Waals surface area contributed by atoms with Crippen molar-refractivity contribution in [3.63, 3.8) is 0 Å². The molecule has 1 amide bonds. The Balaban J connectivity index is 1.57. The van der Waals surface area contributed by atoms with Crippen LogP contribution in [0.2, 0.25) is 0 Å². The average molecular weight is 361 g/mol. The Morgan fingerprint density at radius 3 is 2.78 bits per heavy atom. The van der Waals surface area contributed by atoms with E-state index in [1.165, 1.54) is 16.4 Å². The van der Waals surface area contributed by atoms with Crippen molar-refractivity contribution in [1.82, 2.24) is 14.8 Å². The Morgan fingerprint density at radius 2 is 2.07 bits per heavy atom.